The number of hydrogen-bond donors (Lipinski definition) is 2. The van der Waals surface area contributed by atoms with Gasteiger partial charge in [0.2, 0.25) is 0 Å². The molecule has 0 unspecified atom stereocenters. The van der Waals surface area contributed by atoms with Crippen molar-refractivity contribution >= 4 is 12.6 Å². The topological polar surface area (TPSA) is 40.5 Å². The first kappa shape index (κ1) is 17.3. The minimum absolute atomic E-state index is 0.507. The third-order valence-corrected chi connectivity index (χ3v) is 3.92. The molecule has 0 fully saturated rings. The van der Waals surface area contributed by atoms with E-state index in [2.05, 4.69) is 43.0 Å². The second kappa shape index (κ2) is 8.57. The third-order valence-electron chi connectivity index (χ3n) is 3.92. The monoisotopic (exact) mass is 306 g/mol. The first-order valence-electron chi connectivity index (χ1n) is 8.24. The molecule has 0 heterocycles. The Morgan fingerprint density at radius 3 is 2.30 bits per heavy atom. The van der Waals surface area contributed by atoms with Crippen molar-refractivity contribution in [2.24, 2.45) is 0 Å². The molecule has 2 nitrogen and oxygen atoms in total. The molecule has 23 heavy (non-hydrogen) atoms. The lowest BCUT2D eigenvalue weighted by atomic mass is 9.78. The van der Waals surface area contributed by atoms with E-state index in [1.165, 1.54) is 18.4 Å². The molecule has 0 radical (unpaired) electrons. The predicted molar refractivity (Wildman–Crippen MR) is 96.7 cm³/mol. The minimum atomic E-state index is -1.43. The van der Waals surface area contributed by atoms with Crippen LogP contribution in [-0.4, -0.2) is 17.2 Å². The highest BCUT2D eigenvalue weighted by Gasteiger charge is 2.12. The van der Waals surface area contributed by atoms with Crippen LogP contribution in [0.3, 0.4) is 0 Å². The van der Waals surface area contributed by atoms with Gasteiger partial charge in [-0.1, -0.05) is 56.4 Å². The van der Waals surface area contributed by atoms with Gasteiger partial charge in [-0.3, -0.25) is 0 Å². The smallest absolute Gasteiger partial charge is 0.423 e. The Morgan fingerprint density at radius 1 is 0.957 bits per heavy atom. The van der Waals surface area contributed by atoms with Gasteiger partial charge in [0.1, 0.15) is 0 Å². The van der Waals surface area contributed by atoms with Crippen LogP contribution < -0.4 is 5.46 Å². The van der Waals surface area contributed by atoms with E-state index in [1.807, 2.05) is 19.1 Å². The highest BCUT2D eigenvalue weighted by Crippen LogP contribution is 2.09. The standard InChI is InChI=1S/C20H23BO2/c1-3-5-6-16-7-9-17(10-8-16)11-12-19-13-14-20(21(22)23)15-18(19)4-2/h7-10,13-15,22-23H,3-6H2,1-2H3. The summed E-state index contributed by atoms with van der Waals surface area (Å²) < 4.78 is 0. The van der Waals surface area contributed by atoms with Crippen LogP contribution in [0.15, 0.2) is 42.5 Å². The predicted octanol–water partition coefficient (Wildman–Crippen LogP) is 2.67. The van der Waals surface area contributed by atoms with Crippen molar-refractivity contribution in [3.8, 4) is 11.8 Å². The third kappa shape index (κ3) is 4.99. The number of benzene rings is 2. The van der Waals surface area contributed by atoms with Crippen LogP contribution in [0.1, 0.15) is 48.9 Å². The molecule has 2 aromatic rings. The molecule has 2 aromatic carbocycles. The molecule has 0 aliphatic carbocycles. The normalized spacial score (nSPS) is 10.1. The summed E-state index contributed by atoms with van der Waals surface area (Å²) in [6, 6.07) is 13.8. The molecule has 2 N–H and O–H groups in total. The van der Waals surface area contributed by atoms with Crippen molar-refractivity contribution < 1.29 is 10.0 Å². The number of unbranched alkanes of at least 4 members (excludes halogenated alkanes) is 1. The van der Waals surface area contributed by atoms with E-state index in [4.69, 9.17) is 0 Å². The summed E-state index contributed by atoms with van der Waals surface area (Å²) in [6.07, 6.45) is 4.35. The summed E-state index contributed by atoms with van der Waals surface area (Å²) in [5.41, 5.74) is 4.83. The molecule has 0 aromatic heterocycles. The van der Waals surface area contributed by atoms with E-state index in [-0.39, 0.29) is 0 Å². The molecule has 0 saturated carbocycles. The van der Waals surface area contributed by atoms with Crippen LogP contribution in [0.25, 0.3) is 0 Å². The fraction of sp³-hybridized carbons (Fsp3) is 0.300. The van der Waals surface area contributed by atoms with Gasteiger partial charge < -0.3 is 10.0 Å². The lowest BCUT2D eigenvalue weighted by Gasteiger charge is -2.05. The van der Waals surface area contributed by atoms with Crippen molar-refractivity contribution in [3.63, 3.8) is 0 Å². The maximum Gasteiger partial charge on any atom is 0.488 e. The molecule has 0 spiro atoms. The molecule has 118 valence electrons. The maximum atomic E-state index is 9.25. The Morgan fingerprint density at radius 2 is 1.70 bits per heavy atom. The summed E-state index contributed by atoms with van der Waals surface area (Å²) in [5, 5.41) is 18.5. The Labute approximate surface area is 139 Å². The van der Waals surface area contributed by atoms with Gasteiger partial charge in [0, 0.05) is 11.1 Å². The summed E-state index contributed by atoms with van der Waals surface area (Å²) in [7, 11) is -1.43. The van der Waals surface area contributed by atoms with Gasteiger partial charge in [-0.25, -0.2) is 0 Å². The molecule has 0 amide bonds. The number of hydrogen-bond acceptors (Lipinski definition) is 2. The SMILES string of the molecule is CCCCc1ccc(C#Cc2ccc(B(O)O)cc2CC)cc1. The van der Waals surface area contributed by atoms with Crippen LogP contribution in [0.4, 0.5) is 0 Å². The van der Waals surface area contributed by atoms with Crippen LogP contribution in [-0.2, 0) is 12.8 Å². The lowest BCUT2D eigenvalue weighted by molar-refractivity contribution is 0.425. The van der Waals surface area contributed by atoms with Crippen molar-refractivity contribution in [2.45, 2.75) is 39.5 Å². The molecule has 0 atom stereocenters. The molecular formula is C20H23BO2. The number of aryl methyl sites for hydroxylation is 2. The Kier molecular flexibility index (Phi) is 6.46. The number of rotatable bonds is 5. The molecule has 3 heteroatoms. The van der Waals surface area contributed by atoms with E-state index in [0.29, 0.717) is 5.46 Å². The molecule has 2 rings (SSSR count). The first-order valence-corrected chi connectivity index (χ1v) is 8.24. The zero-order valence-electron chi connectivity index (χ0n) is 13.8. The highest BCUT2D eigenvalue weighted by atomic mass is 16.4. The first-order chi connectivity index (χ1) is 11.1. The van der Waals surface area contributed by atoms with E-state index in [1.54, 1.807) is 6.07 Å². The molecule has 0 aliphatic rings. The van der Waals surface area contributed by atoms with Crippen LogP contribution in [0, 0.1) is 11.8 Å². The summed E-state index contributed by atoms with van der Waals surface area (Å²) in [6.45, 7) is 4.24. The van der Waals surface area contributed by atoms with Crippen molar-refractivity contribution in [3.05, 3.63) is 64.7 Å². The molecule has 0 aliphatic heterocycles. The van der Waals surface area contributed by atoms with Crippen LogP contribution in [0.2, 0.25) is 0 Å². The van der Waals surface area contributed by atoms with Gasteiger partial charge >= 0.3 is 7.12 Å². The average Bonchev–Trinajstić information content (AvgIpc) is 2.58. The highest BCUT2D eigenvalue weighted by molar-refractivity contribution is 6.58. The summed E-state index contributed by atoms with van der Waals surface area (Å²) in [5.74, 6) is 6.39. The summed E-state index contributed by atoms with van der Waals surface area (Å²) >= 11 is 0. The van der Waals surface area contributed by atoms with Gasteiger partial charge in [-0.15, -0.1) is 0 Å². The molecule has 0 bridgehead atoms. The van der Waals surface area contributed by atoms with E-state index >= 15 is 0 Å². The quantitative estimate of drug-likeness (QED) is 0.658. The second-order valence-electron chi connectivity index (χ2n) is 5.69. The van der Waals surface area contributed by atoms with Gasteiger partial charge in [-0.05, 0) is 54.1 Å². The Bertz CT molecular complexity index is 694. The summed E-state index contributed by atoms with van der Waals surface area (Å²) in [4.78, 5) is 0. The maximum absolute atomic E-state index is 9.25. The fourth-order valence-electron chi connectivity index (χ4n) is 2.46. The van der Waals surface area contributed by atoms with Gasteiger partial charge in [-0.2, -0.15) is 0 Å². The second-order valence-corrected chi connectivity index (χ2v) is 5.69. The average molecular weight is 306 g/mol. The van der Waals surface area contributed by atoms with Gasteiger partial charge in [0.05, 0.1) is 0 Å². The van der Waals surface area contributed by atoms with E-state index < -0.39 is 7.12 Å². The van der Waals surface area contributed by atoms with Crippen LogP contribution in [0.5, 0.6) is 0 Å². The van der Waals surface area contributed by atoms with Crippen LogP contribution >= 0.6 is 0 Å². The largest absolute Gasteiger partial charge is 0.488 e. The van der Waals surface area contributed by atoms with E-state index in [9.17, 15) is 10.0 Å². The molecular weight excluding hydrogens is 283 g/mol. The van der Waals surface area contributed by atoms with Crippen molar-refractivity contribution in [1.29, 1.82) is 0 Å². The van der Waals surface area contributed by atoms with Crippen molar-refractivity contribution in [1.82, 2.24) is 0 Å². The van der Waals surface area contributed by atoms with Gasteiger partial charge in [0.25, 0.3) is 0 Å². The zero-order valence-corrected chi connectivity index (χ0v) is 13.8. The minimum Gasteiger partial charge on any atom is -0.423 e. The molecule has 0 saturated heterocycles. The zero-order chi connectivity index (χ0) is 16.7. The Balaban J connectivity index is 2.18. The Hall–Kier alpha value is -2.02. The van der Waals surface area contributed by atoms with E-state index in [0.717, 1.165) is 29.5 Å². The lowest BCUT2D eigenvalue weighted by Crippen LogP contribution is -2.30. The fourth-order valence-corrected chi connectivity index (χ4v) is 2.46. The van der Waals surface area contributed by atoms with Gasteiger partial charge in [0.15, 0.2) is 0 Å². The van der Waals surface area contributed by atoms with Crippen molar-refractivity contribution in [2.75, 3.05) is 0 Å².